The largest absolute Gasteiger partial charge is 0.307 e. The number of nitrogens with one attached hydrogen (secondary N) is 2. The van der Waals surface area contributed by atoms with Crippen LogP contribution in [0.3, 0.4) is 0 Å². The van der Waals surface area contributed by atoms with Crippen molar-refractivity contribution in [2.45, 2.75) is 24.7 Å². The Kier molecular flexibility index (Phi) is 3.84. The molecule has 0 spiro atoms. The Morgan fingerprint density at radius 2 is 2.28 bits per heavy atom. The molecule has 0 aromatic carbocycles. The summed E-state index contributed by atoms with van der Waals surface area (Å²) < 4.78 is 26.8. The quantitative estimate of drug-likeness (QED) is 0.522. The highest BCUT2D eigenvalue weighted by molar-refractivity contribution is 7.89. The molecule has 7 heteroatoms. The van der Waals surface area contributed by atoms with Gasteiger partial charge in [0.25, 0.3) is 0 Å². The highest BCUT2D eigenvalue weighted by atomic mass is 32.2. The van der Waals surface area contributed by atoms with Crippen molar-refractivity contribution >= 4 is 15.8 Å². The normalized spacial score (nSPS) is 17.4. The van der Waals surface area contributed by atoms with E-state index < -0.39 is 10.0 Å². The van der Waals surface area contributed by atoms with Crippen LogP contribution >= 0.6 is 0 Å². The maximum atomic E-state index is 12.1. The summed E-state index contributed by atoms with van der Waals surface area (Å²) in [6.07, 6.45) is 3.89. The smallest absolute Gasteiger partial charge is 0.244 e. The first-order valence-corrected chi connectivity index (χ1v) is 7.44. The van der Waals surface area contributed by atoms with Gasteiger partial charge in [-0.2, -0.15) is 0 Å². The van der Waals surface area contributed by atoms with Crippen LogP contribution in [0.1, 0.15) is 19.8 Å². The van der Waals surface area contributed by atoms with Gasteiger partial charge in [0.1, 0.15) is 4.90 Å². The Balaban J connectivity index is 2.09. The summed E-state index contributed by atoms with van der Waals surface area (Å²) in [6, 6.07) is 3.05. The number of nitrogens with two attached hydrogens (primary N) is 1. The van der Waals surface area contributed by atoms with Crippen LogP contribution in [0.25, 0.3) is 0 Å². The topological polar surface area (TPSA) is 97.1 Å². The molecular formula is C11H18N4O2S. The van der Waals surface area contributed by atoms with Crippen LogP contribution in [0.15, 0.2) is 23.2 Å². The molecule has 1 heterocycles. The van der Waals surface area contributed by atoms with Crippen molar-refractivity contribution in [1.82, 2.24) is 9.71 Å². The van der Waals surface area contributed by atoms with Crippen molar-refractivity contribution < 1.29 is 8.42 Å². The summed E-state index contributed by atoms with van der Waals surface area (Å²) >= 11 is 0. The standard InChI is InChI=1S/C11H18N4O2S/c1-8(9-4-5-9)7-14-18(16,17)10-3-2-6-13-11(10)15-12/h2-3,6,8-9,14H,4-5,7,12H2,1H3,(H,13,15). The first kappa shape index (κ1) is 13.3. The Morgan fingerprint density at radius 1 is 1.56 bits per heavy atom. The molecule has 6 nitrogen and oxygen atoms in total. The molecule has 1 aromatic rings. The van der Waals surface area contributed by atoms with E-state index in [0.717, 1.165) is 0 Å². The van der Waals surface area contributed by atoms with E-state index in [1.807, 2.05) is 0 Å². The van der Waals surface area contributed by atoms with Gasteiger partial charge in [-0.05, 0) is 36.8 Å². The van der Waals surface area contributed by atoms with E-state index in [2.05, 4.69) is 22.1 Å². The molecule has 18 heavy (non-hydrogen) atoms. The van der Waals surface area contributed by atoms with Crippen molar-refractivity contribution in [1.29, 1.82) is 0 Å². The molecule has 100 valence electrons. The van der Waals surface area contributed by atoms with Gasteiger partial charge in [0, 0.05) is 12.7 Å². The van der Waals surface area contributed by atoms with Gasteiger partial charge >= 0.3 is 0 Å². The van der Waals surface area contributed by atoms with Crippen LogP contribution in [-0.2, 0) is 10.0 Å². The van der Waals surface area contributed by atoms with E-state index in [4.69, 9.17) is 5.84 Å². The summed E-state index contributed by atoms with van der Waals surface area (Å²) in [6.45, 7) is 2.51. The Hall–Kier alpha value is -1.18. The molecule has 1 atom stereocenters. The number of pyridine rings is 1. The highest BCUT2D eigenvalue weighted by Gasteiger charge is 2.29. The second-order valence-corrected chi connectivity index (χ2v) is 6.40. The fraction of sp³-hybridized carbons (Fsp3) is 0.545. The Bertz CT molecular complexity index is 514. The molecule has 1 aliphatic carbocycles. The lowest BCUT2D eigenvalue weighted by Crippen LogP contribution is -2.30. The zero-order chi connectivity index (χ0) is 13.2. The van der Waals surface area contributed by atoms with Crippen LogP contribution < -0.4 is 16.0 Å². The van der Waals surface area contributed by atoms with Crippen LogP contribution in [0, 0.1) is 11.8 Å². The number of nitrogens with zero attached hydrogens (tertiary/aromatic N) is 1. The SMILES string of the molecule is CC(CNS(=O)(=O)c1cccnc1NN)C1CC1. The van der Waals surface area contributed by atoms with Crippen molar-refractivity contribution in [3.63, 3.8) is 0 Å². The number of hydrogen-bond acceptors (Lipinski definition) is 5. The first-order chi connectivity index (χ1) is 8.54. The summed E-state index contributed by atoms with van der Waals surface area (Å²) in [5.74, 6) is 6.44. The summed E-state index contributed by atoms with van der Waals surface area (Å²) in [7, 11) is -3.56. The Labute approximate surface area is 107 Å². The van der Waals surface area contributed by atoms with Gasteiger partial charge < -0.3 is 5.43 Å². The van der Waals surface area contributed by atoms with E-state index in [-0.39, 0.29) is 10.7 Å². The summed E-state index contributed by atoms with van der Waals surface area (Å²) in [5, 5.41) is 0. The molecular weight excluding hydrogens is 252 g/mol. The van der Waals surface area contributed by atoms with Gasteiger partial charge in [0.05, 0.1) is 0 Å². The molecule has 0 amide bonds. The monoisotopic (exact) mass is 270 g/mol. The number of aromatic nitrogens is 1. The molecule has 0 radical (unpaired) electrons. The number of hydrazine groups is 1. The fourth-order valence-electron chi connectivity index (χ4n) is 1.87. The molecule has 1 unspecified atom stereocenters. The molecule has 1 aromatic heterocycles. The molecule has 0 saturated heterocycles. The van der Waals surface area contributed by atoms with Gasteiger partial charge in [-0.1, -0.05) is 6.92 Å². The average molecular weight is 270 g/mol. The second kappa shape index (κ2) is 5.21. The van der Waals surface area contributed by atoms with E-state index in [9.17, 15) is 8.42 Å². The minimum absolute atomic E-state index is 0.0792. The molecule has 1 aliphatic rings. The maximum absolute atomic E-state index is 12.1. The van der Waals surface area contributed by atoms with Gasteiger partial charge in [-0.25, -0.2) is 24.0 Å². The van der Waals surface area contributed by atoms with E-state index in [1.54, 1.807) is 6.07 Å². The lowest BCUT2D eigenvalue weighted by molar-refractivity contribution is 0.492. The first-order valence-electron chi connectivity index (χ1n) is 5.96. The molecule has 0 bridgehead atoms. The number of nitrogen functional groups attached to an aromatic ring is 1. The Morgan fingerprint density at radius 3 is 2.89 bits per heavy atom. The van der Waals surface area contributed by atoms with Gasteiger partial charge in [-0.15, -0.1) is 0 Å². The zero-order valence-electron chi connectivity index (χ0n) is 10.3. The predicted molar refractivity (Wildman–Crippen MR) is 69.1 cm³/mol. The third-order valence-corrected chi connectivity index (χ3v) is 4.67. The highest BCUT2D eigenvalue weighted by Crippen LogP contribution is 2.36. The lowest BCUT2D eigenvalue weighted by atomic mass is 10.1. The summed E-state index contributed by atoms with van der Waals surface area (Å²) in [5.41, 5.74) is 2.29. The van der Waals surface area contributed by atoms with Crippen LogP contribution in [-0.4, -0.2) is 19.9 Å². The third kappa shape index (κ3) is 2.98. The van der Waals surface area contributed by atoms with Crippen LogP contribution in [0.5, 0.6) is 0 Å². The van der Waals surface area contributed by atoms with Crippen molar-refractivity contribution in [3.8, 4) is 0 Å². The van der Waals surface area contributed by atoms with Crippen LogP contribution in [0.4, 0.5) is 5.82 Å². The van der Waals surface area contributed by atoms with E-state index >= 15 is 0 Å². The third-order valence-electron chi connectivity index (χ3n) is 3.22. The maximum Gasteiger partial charge on any atom is 0.244 e. The van der Waals surface area contributed by atoms with E-state index in [1.165, 1.54) is 25.1 Å². The average Bonchev–Trinajstić information content (AvgIpc) is 3.20. The predicted octanol–water partition coefficient (Wildman–Crippen LogP) is 0.692. The van der Waals surface area contributed by atoms with Crippen LogP contribution in [0.2, 0.25) is 0 Å². The second-order valence-electron chi connectivity index (χ2n) is 4.66. The van der Waals surface area contributed by atoms with Gasteiger partial charge in [-0.3, -0.25) is 0 Å². The minimum atomic E-state index is -3.56. The van der Waals surface area contributed by atoms with Crippen molar-refractivity contribution in [2.24, 2.45) is 17.7 Å². The lowest BCUT2D eigenvalue weighted by Gasteiger charge is -2.13. The minimum Gasteiger partial charge on any atom is -0.307 e. The van der Waals surface area contributed by atoms with Gasteiger partial charge in [0.15, 0.2) is 5.82 Å². The van der Waals surface area contributed by atoms with Gasteiger partial charge in [0.2, 0.25) is 10.0 Å². The van der Waals surface area contributed by atoms with E-state index in [0.29, 0.717) is 18.4 Å². The van der Waals surface area contributed by atoms with Crippen molar-refractivity contribution in [3.05, 3.63) is 18.3 Å². The number of sulfonamides is 1. The molecule has 1 saturated carbocycles. The zero-order valence-corrected chi connectivity index (χ0v) is 11.1. The number of anilines is 1. The molecule has 1 fully saturated rings. The molecule has 0 aliphatic heterocycles. The number of rotatable bonds is 6. The summed E-state index contributed by atoms with van der Waals surface area (Å²) in [4.78, 5) is 3.96. The van der Waals surface area contributed by atoms with Crippen molar-refractivity contribution in [2.75, 3.05) is 12.0 Å². The molecule has 2 rings (SSSR count). The molecule has 4 N–H and O–H groups in total. The number of hydrogen-bond donors (Lipinski definition) is 3. The fourth-order valence-corrected chi connectivity index (χ4v) is 3.13.